The normalized spacial score (nSPS) is 14.6. The molecule has 2 aromatic heterocycles. The van der Waals surface area contributed by atoms with Gasteiger partial charge in [-0.2, -0.15) is 0 Å². The first kappa shape index (κ1) is 37.4. The van der Waals surface area contributed by atoms with Gasteiger partial charge in [-0.3, -0.25) is 0 Å². The van der Waals surface area contributed by atoms with Crippen molar-refractivity contribution in [3.8, 4) is 33.6 Å². The van der Waals surface area contributed by atoms with Crippen LogP contribution in [-0.2, 0) is 42.9 Å². The number of para-hydroxylation sites is 2. The lowest BCUT2D eigenvalue weighted by atomic mass is 9.73. The monoisotopic (exact) mass is 802 g/mol. The molecule has 7 aromatic carbocycles. The molecule has 62 heavy (non-hydrogen) atoms. The number of rotatable bonds is 4. The first-order valence-corrected chi connectivity index (χ1v) is 22.9. The summed E-state index contributed by atoms with van der Waals surface area (Å²) in [5, 5.41) is 4.15. The molecule has 12 rings (SSSR count). The van der Waals surface area contributed by atoms with Gasteiger partial charge in [-0.05, 0) is 171 Å². The summed E-state index contributed by atoms with van der Waals surface area (Å²) in [5.74, 6) is 0. The number of allylic oxidation sites excluding steroid dienone is 1. The van der Waals surface area contributed by atoms with Crippen molar-refractivity contribution in [3.05, 3.63) is 190 Å². The molecule has 3 aliphatic carbocycles. The Morgan fingerprint density at radius 2 is 0.935 bits per heavy atom. The van der Waals surface area contributed by atoms with Crippen molar-refractivity contribution in [1.29, 1.82) is 0 Å². The van der Waals surface area contributed by atoms with E-state index in [-0.39, 0.29) is 10.8 Å². The van der Waals surface area contributed by atoms with Crippen LogP contribution < -0.4 is 0 Å². The van der Waals surface area contributed by atoms with Crippen molar-refractivity contribution < 1.29 is 0 Å². The Bertz CT molecular complexity index is 3300. The molecule has 9 aromatic rings. The Labute approximate surface area is 366 Å². The maximum absolute atomic E-state index is 2.66. The van der Waals surface area contributed by atoms with Gasteiger partial charge in [0.25, 0.3) is 0 Å². The fourth-order valence-corrected chi connectivity index (χ4v) is 11.4. The second-order valence-electron chi connectivity index (χ2n) is 20.3. The van der Waals surface area contributed by atoms with Gasteiger partial charge >= 0.3 is 0 Å². The minimum Gasteiger partial charge on any atom is -0.313 e. The maximum atomic E-state index is 2.66. The lowest BCUT2D eigenvalue weighted by Crippen LogP contribution is -2.16. The zero-order chi connectivity index (χ0) is 42.1. The van der Waals surface area contributed by atoms with E-state index in [0.717, 1.165) is 38.5 Å². The van der Waals surface area contributed by atoms with Crippen LogP contribution in [0.2, 0.25) is 0 Å². The molecule has 0 spiro atoms. The Morgan fingerprint density at radius 1 is 0.419 bits per heavy atom. The lowest BCUT2D eigenvalue weighted by molar-refractivity contribution is 0.590. The molecule has 0 unspecified atom stereocenters. The summed E-state index contributed by atoms with van der Waals surface area (Å²) in [6.45, 7) is 13.8. The highest BCUT2D eigenvalue weighted by Gasteiger charge is 2.34. The number of aromatic nitrogens is 2. The SMILES string of the molecule is CC(C)(C)c1ccc(C2=Cc3c(n(-c4ccccc4)c4c5c6c(cc34)CCc3cc4c7cc(-c8ccc(C(C)(C)C)cc8)ccc7n(-c7ccccc7)c4c(c3-6)CC5)CC2)cc1. The highest BCUT2D eigenvalue weighted by molar-refractivity contribution is 6.14. The number of nitrogens with zero attached hydrogens (tertiary/aromatic N) is 2. The minimum absolute atomic E-state index is 0.125. The van der Waals surface area contributed by atoms with Crippen LogP contribution in [0.5, 0.6) is 0 Å². The van der Waals surface area contributed by atoms with Gasteiger partial charge in [-0.25, -0.2) is 0 Å². The van der Waals surface area contributed by atoms with Gasteiger partial charge in [0.2, 0.25) is 0 Å². The molecule has 0 aliphatic heterocycles. The van der Waals surface area contributed by atoms with Crippen LogP contribution in [0.1, 0.15) is 98.2 Å². The molecule has 0 saturated heterocycles. The molecule has 3 aliphatic rings. The van der Waals surface area contributed by atoms with Crippen LogP contribution in [0.15, 0.2) is 140 Å². The number of hydrogen-bond donors (Lipinski definition) is 0. The predicted octanol–water partition coefficient (Wildman–Crippen LogP) is 15.3. The Balaban J connectivity index is 1.09. The second-order valence-corrected chi connectivity index (χ2v) is 20.3. The molecule has 0 radical (unpaired) electrons. The molecule has 0 saturated carbocycles. The van der Waals surface area contributed by atoms with Gasteiger partial charge in [-0.15, -0.1) is 0 Å². The number of benzene rings is 7. The highest BCUT2D eigenvalue weighted by atomic mass is 15.0. The van der Waals surface area contributed by atoms with E-state index in [0.29, 0.717) is 0 Å². The van der Waals surface area contributed by atoms with E-state index >= 15 is 0 Å². The summed E-state index contributed by atoms with van der Waals surface area (Å²) < 4.78 is 5.24. The summed E-state index contributed by atoms with van der Waals surface area (Å²) in [5.41, 5.74) is 26.9. The summed E-state index contributed by atoms with van der Waals surface area (Å²) in [6, 6.07) is 53.3. The Kier molecular flexibility index (Phi) is 8.18. The van der Waals surface area contributed by atoms with Crippen LogP contribution >= 0.6 is 0 Å². The van der Waals surface area contributed by atoms with Crippen LogP contribution in [0.3, 0.4) is 0 Å². The van der Waals surface area contributed by atoms with Crippen molar-refractivity contribution in [2.45, 2.75) is 90.9 Å². The van der Waals surface area contributed by atoms with E-state index in [1.54, 1.807) is 0 Å². The fourth-order valence-electron chi connectivity index (χ4n) is 11.4. The quantitative estimate of drug-likeness (QED) is 0.168. The molecule has 0 fully saturated rings. The fraction of sp³-hybridized carbons (Fsp3) is 0.233. The molecular formula is C60H54N2. The zero-order valence-corrected chi connectivity index (χ0v) is 37.0. The Hall–Kier alpha value is -6.38. The molecule has 0 atom stereocenters. The predicted molar refractivity (Wildman–Crippen MR) is 263 cm³/mol. The lowest BCUT2D eigenvalue weighted by Gasteiger charge is -2.31. The zero-order valence-electron chi connectivity index (χ0n) is 37.0. The highest BCUT2D eigenvalue weighted by Crippen LogP contribution is 2.52. The average Bonchev–Trinajstić information content (AvgIpc) is 3.80. The third kappa shape index (κ3) is 5.68. The van der Waals surface area contributed by atoms with Gasteiger partial charge in [-0.1, -0.05) is 133 Å². The summed E-state index contributed by atoms with van der Waals surface area (Å²) >= 11 is 0. The smallest absolute Gasteiger partial charge is 0.0579 e. The van der Waals surface area contributed by atoms with Crippen LogP contribution in [0, 0.1) is 0 Å². The van der Waals surface area contributed by atoms with E-state index in [4.69, 9.17) is 0 Å². The minimum atomic E-state index is 0.125. The van der Waals surface area contributed by atoms with Crippen molar-refractivity contribution in [2.24, 2.45) is 0 Å². The Morgan fingerprint density at radius 3 is 1.52 bits per heavy atom. The van der Waals surface area contributed by atoms with Gasteiger partial charge in [0.15, 0.2) is 0 Å². The van der Waals surface area contributed by atoms with E-state index in [2.05, 4.69) is 196 Å². The van der Waals surface area contributed by atoms with Gasteiger partial charge in [0.05, 0.1) is 16.6 Å². The molecule has 304 valence electrons. The molecule has 0 N–H and O–H groups in total. The van der Waals surface area contributed by atoms with E-state index in [1.807, 2.05) is 0 Å². The average molecular weight is 803 g/mol. The van der Waals surface area contributed by atoms with E-state index in [1.165, 1.54) is 122 Å². The van der Waals surface area contributed by atoms with Crippen molar-refractivity contribution in [2.75, 3.05) is 0 Å². The third-order valence-electron chi connectivity index (χ3n) is 14.5. The molecule has 0 bridgehead atoms. The molecular weight excluding hydrogens is 749 g/mol. The van der Waals surface area contributed by atoms with Crippen molar-refractivity contribution in [1.82, 2.24) is 9.13 Å². The second kappa shape index (κ2) is 13.6. The molecule has 2 nitrogen and oxygen atoms in total. The topological polar surface area (TPSA) is 9.86 Å². The molecule has 0 amide bonds. The van der Waals surface area contributed by atoms with Gasteiger partial charge < -0.3 is 9.13 Å². The van der Waals surface area contributed by atoms with Crippen LogP contribution in [0.25, 0.3) is 78.0 Å². The van der Waals surface area contributed by atoms with Crippen molar-refractivity contribution >= 4 is 44.4 Å². The van der Waals surface area contributed by atoms with Gasteiger partial charge in [0.1, 0.15) is 0 Å². The first-order valence-electron chi connectivity index (χ1n) is 22.9. The van der Waals surface area contributed by atoms with Gasteiger partial charge in [0, 0.05) is 38.8 Å². The van der Waals surface area contributed by atoms with Crippen molar-refractivity contribution in [3.63, 3.8) is 0 Å². The van der Waals surface area contributed by atoms with E-state index < -0.39 is 0 Å². The largest absolute Gasteiger partial charge is 0.313 e. The number of fused-ring (bicyclic) bond motifs is 8. The maximum Gasteiger partial charge on any atom is 0.0579 e. The standard InChI is InChI=1S/C60H54N2/c1-59(2,3)43-25-19-37(20-26-43)39-23-31-53-49(33-39)51-35-41-17-18-42-36-52-50-34-40(38-21-27-44(28-22-38)60(4,5)6)24-32-54(50)62(46-15-11-8-12-16-46)58(52)48-30-29-47(55(41)56(42)48)57(51)61(53)45-13-9-7-10-14-45/h7-16,19-23,25-28,31,33-36H,17-18,24,29-30,32H2,1-6H3. The molecule has 2 heteroatoms. The summed E-state index contributed by atoms with van der Waals surface area (Å²) in [4.78, 5) is 0. The number of hydrogen-bond acceptors (Lipinski definition) is 0. The summed E-state index contributed by atoms with van der Waals surface area (Å²) in [7, 11) is 0. The van der Waals surface area contributed by atoms with Crippen LogP contribution in [0.4, 0.5) is 0 Å². The summed E-state index contributed by atoms with van der Waals surface area (Å²) in [6.07, 6.45) is 8.78. The van der Waals surface area contributed by atoms with E-state index in [9.17, 15) is 0 Å². The third-order valence-corrected chi connectivity index (χ3v) is 14.5. The molecule has 2 heterocycles. The number of aryl methyl sites for hydroxylation is 4. The van der Waals surface area contributed by atoms with Crippen LogP contribution in [-0.4, -0.2) is 9.13 Å². The first-order chi connectivity index (χ1) is 30.0.